The Balaban J connectivity index is 0.000000399. The van der Waals surface area contributed by atoms with E-state index in [1.807, 2.05) is 73.7 Å². The van der Waals surface area contributed by atoms with E-state index in [0.29, 0.717) is 5.02 Å². The minimum absolute atomic E-state index is 0.717. The van der Waals surface area contributed by atoms with Crippen LogP contribution in [0.15, 0.2) is 71.1 Å². The van der Waals surface area contributed by atoms with Crippen molar-refractivity contribution in [2.24, 2.45) is 0 Å². The highest BCUT2D eigenvalue weighted by atomic mass is 35.7. The van der Waals surface area contributed by atoms with Gasteiger partial charge < -0.3 is 0 Å². The van der Waals surface area contributed by atoms with Gasteiger partial charge in [0, 0.05) is 0 Å². The van der Waals surface area contributed by atoms with E-state index in [1.54, 1.807) is 0 Å². The van der Waals surface area contributed by atoms with Crippen molar-refractivity contribution < 1.29 is 33.3 Å². The maximum atomic E-state index is 8.49. The van der Waals surface area contributed by atoms with Crippen molar-refractivity contribution in [1.82, 2.24) is 0 Å². The molecule has 0 spiro atoms. The van der Waals surface area contributed by atoms with Crippen molar-refractivity contribution in [1.29, 1.82) is 0 Å². The molecule has 3 rings (SSSR count). The van der Waals surface area contributed by atoms with Crippen LogP contribution < -0.4 is 18.6 Å². The summed E-state index contributed by atoms with van der Waals surface area (Å²) >= 11 is 6.36. The molecule has 0 fully saturated rings. The maximum Gasteiger partial charge on any atom is 0.365 e. The molecule has 0 saturated carbocycles. The highest BCUT2D eigenvalue weighted by Crippen LogP contribution is 2.34. The van der Waals surface area contributed by atoms with E-state index in [-0.39, 0.29) is 0 Å². The average Bonchev–Trinajstić information content (AvgIpc) is 2.57. The fraction of sp³-hybridized carbons (Fsp3) is 0.0556. The topological polar surface area (TPSA) is 104 Å². The van der Waals surface area contributed by atoms with Gasteiger partial charge >= 0.3 is 11.5 Å². The van der Waals surface area contributed by atoms with Crippen molar-refractivity contribution in [2.45, 2.75) is 6.92 Å². The second-order valence-electron chi connectivity index (χ2n) is 5.02. The Morgan fingerprint density at radius 2 is 1.24 bits per heavy atom. The van der Waals surface area contributed by atoms with Crippen LogP contribution in [0.3, 0.4) is 0 Å². The highest BCUT2D eigenvalue weighted by Gasteiger charge is 2.23. The molecule has 0 radical (unpaired) electrons. The Bertz CT molecular complexity index is 812. The van der Waals surface area contributed by atoms with Crippen LogP contribution in [0.2, 0.25) is 5.02 Å². The summed E-state index contributed by atoms with van der Waals surface area (Å²) < 4.78 is 40.0. The largest absolute Gasteiger partial charge is 0.365 e. The number of hydrogen-bond donors (Lipinski definition) is 0. The predicted octanol–water partition coefficient (Wildman–Crippen LogP) is 1.10. The summed E-state index contributed by atoms with van der Waals surface area (Å²) in [5.74, 6) is 1.59. The van der Waals surface area contributed by atoms with Crippen LogP contribution in [0, 0.1) is 17.2 Å². The van der Waals surface area contributed by atoms with Crippen molar-refractivity contribution >= 4 is 11.6 Å². The molecule has 0 bridgehead atoms. The van der Waals surface area contributed by atoms with Crippen molar-refractivity contribution in [3.05, 3.63) is 77.3 Å². The summed E-state index contributed by atoms with van der Waals surface area (Å²) in [5, 5.41) is 0.717. The van der Waals surface area contributed by atoms with Gasteiger partial charge in [-0.2, -0.15) is 0 Å². The molecule has 25 heavy (non-hydrogen) atoms. The normalized spacial score (nSPS) is 10.8. The molecule has 0 unspecified atom stereocenters. The smallest absolute Gasteiger partial charge is 0.222 e. The van der Waals surface area contributed by atoms with Gasteiger partial charge in [0.1, 0.15) is 0 Å². The summed E-state index contributed by atoms with van der Waals surface area (Å²) in [4.78, 5) is 0. The van der Waals surface area contributed by atoms with Crippen LogP contribution in [0.1, 0.15) is 5.56 Å². The molecule has 0 aliphatic carbocycles. The Morgan fingerprint density at radius 3 is 1.72 bits per heavy atom. The molecule has 5 nitrogen and oxygen atoms in total. The van der Waals surface area contributed by atoms with E-state index >= 15 is 0 Å². The van der Waals surface area contributed by atoms with Gasteiger partial charge in [-0.25, -0.2) is 23.1 Å². The predicted molar refractivity (Wildman–Crippen MR) is 83.7 cm³/mol. The molecule has 7 heteroatoms. The minimum Gasteiger partial charge on any atom is -0.222 e. The third-order valence-electron chi connectivity index (χ3n) is 3.26. The second-order valence-corrected chi connectivity index (χ2v) is 6.19. The SMILES string of the molecule is Cc1c(Cl)cc(-c2ccccc2)[o+]c1-c1ccccc1.[O-][Cl+3]([O-])([O-])[O-]. The van der Waals surface area contributed by atoms with Gasteiger partial charge in [-0.15, -0.1) is 10.2 Å². The second kappa shape index (κ2) is 8.40. The van der Waals surface area contributed by atoms with Crippen LogP contribution in [0.4, 0.5) is 0 Å². The molecular formula is C18H14Cl2O5. The summed E-state index contributed by atoms with van der Waals surface area (Å²) in [6.45, 7) is 1.98. The molecule has 2 aromatic carbocycles. The lowest BCUT2D eigenvalue weighted by molar-refractivity contribution is -2.00. The van der Waals surface area contributed by atoms with E-state index in [9.17, 15) is 0 Å². The van der Waals surface area contributed by atoms with Gasteiger partial charge in [-0.05, 0) is 31.2 Å². The first-order valence-electron chi connectivity index (χ1n) is 7.11. The Morgan fingerprint density at radius 1 is 0.800 bits per heavy atom. The molecule has 1 heterocycles. The minimum atomic E-state index is -4.94. The van der Waals surface area contributed by atoms with E-state index in [0.717, 1.165) is 28.2 Å². The Hall–Kier alpha value is -1.99. The van der Waals surface area contributed by atoms with Gasteiger partial charge in [-0.1, -0.05) is 48.0 Å². The number of hydrogen-bond acceptors (Lipinski definition) is 4. The standard InChI is InChI=1S/C18H14ClO.ClHO4/c1-13-16(19)12-17(14-8-4-2-5-9-14)20-18(13)15-10-6-3-7-11-15;2-1(3,4)5/h2-12H,1H3;(H,2,3,4,5)/q+1;/p-1. The summed E-state index contributed by atoms with van der Waals surface area (Å²) in [6, 6.07) is 21.9. The van der Waals surface area contributed by atoms with Crippen molar-refractivity contribution in [3.63, 3.8) is 0 Å². The van der Waals surface area contributed by atoms with E-state index in [4.69, 9.17) is 34.7 Å². The Kier molecular flexibility index (Phi) is 6.50. The molecule has 1 aromatic heterocycles. The lowest BCUT2D eigenvalue weighted by Crippen LogP contribution is -2.68. The zero-order valence-corrected chi connectivity index (χ0v) is 14.7. The first kappa shape index (κ1) is 19.3. The lowest BCUT2D eigenvalue weighted by Gasteiger charge is -2.17. The van der Waals surface area contributed by atoms with Gasteiger partial charge in [0.25, 0.3) is 0 Å². The van der Waals surface area contributed by atoms with Crippen LogP contribution in [0.25, 0.3) is 22.6 Å². The van der Waals surface area contributed by atoms with Gasteiger partial charge in [0.05, 0.1) is 27.8 Å². The third kappa shape index (κ3) is 6.10. The molecule has 0 aliphatic rings. The zero-order chi connectivity index (χ0) is 18.4. The maximum absolute atomic E-state index is 8.49. The highest BCUT2D eigenvalue weighted by molar-refractivity contribution is 6.31. The van der Waals surface area contributed by atoms with Crippen LogP contribution in [-0.4, -0.2) is 0 Å². The fourth-order valence-electron chi connectivity index (χ4n) is 2.16. The monoisotopic (exact) mass is 380 g/mol. The van der Waals surface area contributed by atoms with E-state index in [2.05, 4.69) is 0 Å². The first-order valence-corrected chi connectivity index (χ1v) is 8.73. The van der Waals surface area contributed by atoms with Crippen molar-refractivity contribution in [3.8, 4) is 22.6 Å². The summed E-state index contributed by atoms with van der Waals surface area (Å²) in [5.41, 5.74) is 3.01. The Labute approximate surface area is 152 Å². The number of rotatable bonds is 2. The van der Waals surface area contributed by atoms with Gasteiger partial charge in [0.15, 0.2) is 0 Å². The molecule has 0 amide bonds. The molecule has 0 atom stereocenters. The van der Waals surface area contributed by atoms with Crippen molar-refractivity contribution in [2.75, 3.05) is 0 Å². The molecule has 0 saturated heterocycles. The number of benzene rings is 2. The van der Waals surface area contributed by atoms with Crippen LogP contribution in [0.5, 0.6) is 0 Å². The molecule has 0 N–H and O–H groups in total. The third-order valence-corrected chi connectivity index (χ3v) is 3.66. The average molecular weight is 381 g/mol. The summed E-state index contributed by atoms with van der Waals surface area (Å²) in [6.07, 6.45) is 0. The quantitative estimate of drug-likeness (QED) is 0.619. The molecule has 130 valence electrons. The van der Waals surface area contributed by atoms with E-state index < -0.39 is 10.2 Å². The molecular weight excluding hydrogens is 367 g/mol. The van der Waals surface area contributed by atoms with Gasteiger partial charge in [-0.3, -0.25) is 0 Å². The lowest BCUT2D eigenvalue weighted by atomic mass is 10.1. The fourth-order valence-corrected chi connectivity index (χ4v) is 2.34. The molecule has 3 aromatic rings. The summed E-state index contributed by atoms with van der Waals surface area (Å²) in [7, 11) is -4.94. The zero-order valence-electron chi connectivity index (χ0n) is 13.1. The number of halogens is 2. The molecule has 0 aliphatic heterocycles. The van der Waals surface area contributed by atoms with Crippen LogP contribution in [-0.2, 0) is 0 Å². The van der Waals surface area contributed by atoms with E-state index in [1.165, 1.54) is 0 Å². The van der Waals surface area contributed by atoms with Crippen LogP contribution >= 0.6 is 11.6 Å². The van der Waals surface area contributed by atoms with Gasteiger partial charge in [0.2, 0.25) is 0 Å². The first-order chi connectivity index (χ1) is 11.8.